The molecule has 1 aliphatic carbocycles. The van der Waals surface area contributed by atoms with E-state index in [1.54, 1.807) is 0 Å². The van der Waals surface area contributed by atoms with Crippen LogP contribution in [0.3, 0.4) is 0 Å². The Morgan fingerprint density at radius 1 is 1.44 bits per heavy atom. The Bertz CT molecular complexity index is 324. The second-order valence-corrected chi connectivity index (χ2v) is 6.63. The summed E-state index contributed by atoms with van der Waals surface area (Å²) in [5.74, 6) is 2.41. The lowest BCUT2D eigenvalue weighted by atomic mass is 9.71. The third-order valence-electron chi connectivity index (χ3n) is 5.13. The quantitative estimate of drug-likeness (QED) is 0.838. The predicted octanol–water partition coefficient (Wildman–Crippen LogP) is 3.00. The Hall–Kier alpha value is -0.730. The van der Waals surface area contributed by atoms with E-state index in [4.69, 9.17) is 5.73 Å². The van der Waals surface area contributed by atoms with Crippen LogP contribution in [0.15, 0.2) is 4.99 Å². The minimum Gasteiger partial charge on any atom is -0.370 e. The fourth-order valence-corrected chi connectivity index (χ4v) is 3.82. The van der Waals surface area contributed by atoms with E-state index in [2.05, 4.69) is 37.6 Å². The average Bonchev–Trinajstić information content (AvgIpc) is 2.65. The van der Waals surface area contributed by atoms with Crippen LogP contribution in [-0.2, 0) is 0 Å². The van der Waals surface area contributed by atoms with E-state index in [0.717, 1.165) is 30.8 Å². The molecule has 1 saturated carbocycles. The van der Waals surface area contributed by atoms with Crippen molar-refractivity contribution in [3.8, 4) is 0 Å². The zero-order chi connectivity index (χ0) is 13.3. The van der Waals surface area contributed by atoms with Gasteiger partial charge in [0.25, 0.3) is 0 Å². The van der Waals surface area contributed by atoms with Crippen molar-refractivity contribution in [1.82, 2.24) is 4.90 Å². The van der Waals surface area contributed by atoms with Crippen molar-refractivity contribution >= 4 is 5.96 Å². The average molecular weight is 251 g/mol. The SMILES string of the molecule is CCC(C)N1C(N)=NCC12CCCC(C(C)C)C2. The molecule has 0 saturated heterocycles. The Morgan fingerprint density at radius 2 is 2.17 bits per heavy atom. The zero-order valence-corrected chi connectivity index (χ0v) is 12.4. The Morgan fingerprint density at radius 3 is 2.78 bits per heavy atom. The number of guanidine groups is 1. The van der Waals surface area contributed by atoms with Crippen LogP contribution in [0.5, 0.6) is 0 Å². The molecule has 0 aromatic heterocycles. The van der Waals surface area contributed by atoms with Crippen molar-refractivity contribution < 1.29 is 0 Å². The fourth-order valence-electron chi connectivity index (χ4n) is 3.82. The van der Waals surface area contributed by atoms with Crippen LogP contribution < -0.4 is 5.73 Å². The van der Waals surface area contributed by atoms with E-state index in [-0.39, 0.29) is 5.54 Å². The number of hydrogen-bond acceptors (Lipinski definition) is 3. The normalized spacial score (nSPS) is 34.2. The summed E-state index contributed by atoms with van der Waals surface area (Å²) in [4.78, 5) is 7.02. The number of nitrogens with two attached hydrogens (primary N) is 1. The van der Waals surface area contributed by atoms with Gasteiger partial charge in [0.1, 0.15) is 0 Å². The van der Waals surface area contributed by atoms with E-state index in [9.17, 15) is 0 Å². The summed E-state index contributed by atoms with van der Waals surface area (Å²) < 4.78 is 0. The van der Waals surface area contributed by atoms with E-state index in [0.29, 0.717) is 6.04 Å². The van der Waals surface area contributed by atoms with E-state index >= 15 is 0 Å². The van der Waals surface area contributed by atoms with Gasteiger partial charge in [0.05, 0.1) is 12.1 Å². The molecule has 1 heterocycles. The van der Waals surface area contributed by atoms with Crippen LogP contribution in [0.1, 0.15) is 59.8 Å². The highest BCUT2D eigenvalue weighted by atomic mass is 15.4. The molecule has 104 valence electrons. The van der Waals surface area contributed by atoms with Gasteiger partial charge in [0, 0.05) is 6.04 Å². The van der Waals surface area contributed by atoms with Crippen LogP contribution in [0.25, 0.3) is 0 Å². The molecule has 0 aromatic carbocycles. The molecule has 3 heteroatoms. The molecule has 2 aliphatic rings. The lowest BCUT2D eigenvalue weighted by molar-refractivity contribution is 0.0659. The Labute approximate surface area is 112 Å². The van der Waals surface area contributed by atoms with Crippen molar-refractivity contribution in [2.24, 2.45) is 22.6 Å². The second kappa shape index (κ2) is 5.10. The molecule has 3 unspecified atom stereocenters. The highest BCUT2D eigenvalue weighted by Gasteiger charge is 2.47. The van der Waals surface area contributed by atoms with Crippen molar-refractivity contribution in [2.75, 3.05) is 6.54 Å². The van der Waals surface area contributed by atoms with Crippen LogP contribution >= 0.6 is 0 Å². The lowest BCUT2D eigenvalue weighted by Gasteiger charge is -2.48. The van der Waals surface area contributed by atoms with Gasteiger partial charge in [-0.25, -0.2) is 0 Å². The molecule has 1 aliphatic heterocycles. The zero-order valence-electron chi connectivity index (χ0n) is 12.4. The minimum absolute atomic E-state index is 0.243. The van der Waals surface area contributed by atoms with Crippen molar-refractivity contribution in [3.05, 3.63) is 0 Å². The molecule has 3 nitrogen and oxygen atoms in total. The molecule has 0 bridgehead atoms. The second-order valence-electron chi connectivity index (χ2n) is 6.63. The maximum absolute atomic E-state index is 6.16. The molecule has 0 aromatic rings. The number of rotatable bonds is 3. The first kappa shape index (κ1) is 13.7. The summed E-state index contributed by atoms with van der Waals surface area (Å²) in [5.41, 5.74) is 6.40. The molecule has 2 N–H and O–H groups in total. The fraction of sp³-hybridized carbons (Fsp3) is 0.933. The van der Waals surface area contributed by atoms with Crippen LogP contribution in [0.2, 0.25) is 0 Å². The number of hydrogen-bond donors (Lipinski definition) is 1. The Kier molecular flexibility index (Phi) is 3.88. The molecule has 18 heavy (non-hydrogen) atoms. The number of nitrogens with zero attached hydrogens (tertiary/aromatic N) is 2. The van der Waals surface area contributed by atoms with Gasteiger partial charge < -0.3 is 10.6 Å². The maximum Gasteiger partial charge on any atom is 0.192 e. The lowest BCUT2D eigenvalue weighted by Crippen LogP contribution is -2.57. The summed E-state index contributed by atoms with van der Waals surface area (Å²) in [5, 5.41) is 0. The maximum atomic E-state index is 6.16. The van der Waals surface area contributed by atoms with Gasteiger partial charge >= 0.3 is 0 Å². The molecule has 0 amide bonds. The van der Waals surface area contributed by atoms with E-state index < -0.39 is 0 Å². The van der Waals surface area contributed by atoms with Crippen LogP contribution in [-0.4, -0.2) is 29.0 Å². The van der Waals surface area contributed by atoms with Crippen molar-refractivity contribution in [2.45, 2.75) is 71.4 Å². The van der Waals surface area contributed by atoms with Crippen LogP contribution in [0, 0.1) is 11.8 Å². The molecule has 1 spiro atoms. The first-order valence-corrected chi connectivity index (χ1v) is 7.59. The molecular formula is C15H29N3. The molecule has 0 radical (unpaired) electrons. The largest absolute Gasteiger partial charge is 0.370 e. The molecule has 3 atom stereocenters. The minimum atomic E-state index is 0.243. The first-order chi connectivity index (χ1) is 8.50. The van der Waals surface area contributed by atoms with E-state index in [1.165, 1.54) is 25.7 Å². The summed E-state index contributed by atoms with van der Waals surface area (Å²) in [6.07, 6.45) is 6.40. The van der Waals surface area contributed by atoms with Gasteiger partial charge in [0.15, 0.2) is 5.96 Å². The van der Waals surface area contributed by atoms with Gasteiger partial charge in [-0.1, -0.05) is 33.6 Å². The smallest absolute Gasteiger partial charge is 0.192 e. The molecule has 1 fully saturated rings. The summed E-state index contributed by atoms with van der Waals surface area (Å²) in [7, 11) is 0. The molecular weight excluding hydrogens is 222 g/mol. The van der Waals surface area contributed by atoms with Gasteiger partial charge in [-0.2, -0.15) is 0 Å². The van der Waals surface area contributed by atoms with Crippen molar-refractivity contribution in [1.29, 1.82) is 0 Å². The predicted molar refractivity (Wildman–Crippen MR) is 77.6 cm³/mol. The summed E-state index contributed by atoms with van der Waals surface area (Å²) in [6.45, 7) is 10.2. The third kappa shape index (κ3) is 2.24. The highest BCUT2D eigenvalue weighted by molar-refractivity contribution is 5.81. The molecule has 2 rings (SSSR count). The highest BCUT2D eigenvalue weighted by Crippen LogP contribution is 2.43. The first-order valence-electron chi connectivity index (χ1n) is 7.59. The van der Waals surface area contributed by atoms with Gasteiger partial charge in [-0.05, 0) is 38.0 Å². The van der Waals surface area contributed by atoms with Crippen LogP contribution in [0.4, 0.5) is 0 Å². The number of aliphatic imine (C=N–C) groups is 1. The summed E-state index contributed by atoms with van der Waals surface area (Å²) in [6, 6.07) is 0.516. The van der Waals surface area contributed by atoms with E-state index in [1.807, 2.05) is 0 Å². The standard InChI is InChI=1S/C15H29N3/c1-5-12(4)18-14(16)17-10-15(18)8-6-7-13(9-15)11(2)3/h11-13H,5-10H2,1-4H3,(H2,16,17). The summed E-state index contributed by atoms with van der Waals surface area (Å²) >= 11 is 0. The monoisotopic (exact) mass is 251 g/mol. The topological polar surface area (TPSA) is 41.6 Å². The third-order valence-corrected chi connectivity index (χ3v) is 5.13. The van der Waals surface area contributed by atoms with Gasteiger partial charge in [-0.3, -0.25) is 4.99 Å². The van der Waals surface area contributed by atoms with Crippen molar-refractivity contribution in [3.63, 3.8) is 0 Å². The van der Waals surface area contributed by atoms with Gasteiger partial charge in [0.2, 0.25) is 0 Å². The van der Waals surface area contributed by atoms with Gasteiger partial charge in [-0.15, -0.1) is 0 Å². The Balaban J connectivity index is 2.19.